The van der Waals surface area contributed by atoms with Crippen molar-refractivity contribution in [1.29, 1.82) is 0 Å². The maximum atomic E-state index is 10.2. The first-order chi connectivity index (χ1) is 11.2. The highest BCUT2D eigenvalue weighted by Crippen LogP contribution is 2.20. The van der Waals surface area contributed by atoms with Crippen molar-refractivity contribution < 1.29 is 5.11 Å². The van der Waals surface area contributed by atoms with Crippen molar-refractivity contribution >= 4 is 17.3 Å². The molecular weight excluding hydrogens is 314 g/mol. The summed E-state index contributed by atoms with van der Waals surface area (Å²) in [7, 11) is 0. The van der Waals surface area contributed by atoms with E-state index in [1.165, 1.54) is 0 Å². The fourth-order valence-corrected chi connectivity index (χ4v) is 2.42. The smallest absolute Gasteiger partial charge is 0.182 e. The Bertz CT molecular complexity index is 762. The van der Waals surface area contributed by atoms with Gasteiger partial charge in [-0.05, 0) is 22.6 Å². The third kappa shape index (κ3) is 3.85. The number of hydrogen-bond donors (Lipinski definition) is 2. The number of nitrogens with zero attached hydrogens (tertiary/aromatic N) is 4. The van der Waals surface area contributed by atoms with Crippen molar-refractivity contribution in [2.45, 2.75) is 12.6 Å². The molecule has 23 heavy (non-hydrogen) atoms. The number of aliphatic hydroxyl groups is 1. The van der Waals surface area contributed by atoms with Crippen LogP contribution in [0, 0.1) is 0 Å². The molecule has 1 heterocycles. The summed E-state index contributed by atoms with van der Waals surface area (Å²) in [5.41, 5.74) is 1.69. The minimum absolute atomic E-state index is 0.286. The van der Waals surface area contributed by atoms with E-state index in [1.54, 1.807) is 10.7 Å². The highest BCUT2D eigenvalue weighted by atomic mass is 35.5. The van der Waals surface area contributed by atoms with Crippen molar-refractivity contribution in [2.24, 2.45) is 0 Å². The number of anilines is 1. The van der Waals surface area contributed by atoms with E-state index in [9.17, 15) is 5.11 Å². The van der Waals surface area contributed by atoms with Crippen LogP contribution in [0.3, 0.4) is 0 Å². The van der Waals surface area contributed by atoms with E-state index in [-0.39, 0.29) is 6.54 Å². The van der Waals surface area contributed by atoms with E-state index in [4.69, 9.17) is 11.6 Å². The molecule has 3 aromatic rings. The molecule has 2 N–H and O–H groups in total. The molecule has 0 bridgehead atoms. The van der Waals surface area contributed by atoms with Crippen LogP contribution >= 0.6 is 11.6 Å². The molecule has 0 aliphatic rings. The topological polar surface area (TPSA) is 75.9 Å². The molecule has 1 unspecified atom stereocenters. The van der Waals surface area contributed by atoms with Gasteiger partial charge in [-0.2, -0.15) is 0 Å². The maximum Gasteiger partial charge on any atom is 0.182 e. The van der Waals surface area contributed by atoms with E-state index in [1.807, 2.05) is 48.5 Å². The summed E-state index contributed by atoms with van der Waals surface area (Å²) in [5.74, 6) is 0.627. The summed E-state index contributed by atoms with van der Waals surface area (Å²) in [6.45, 7) is 0.631. The minimum atomic E-state index is -0.655. The average molecular weight is 330 g/mol. The van der Waals surface area contributed by atoms with Gasteiger partial charge in [0.2, 0.25) is 0 Å². The predicted molar refractivity (Wildman–Crippen MR) is 89.2 cm³/mol. The molecule has 0 amide bonds. The van der Waals surface area contributed by atoms with Crippen LogP contribution in [0.5, 0.6) is 0 Å². The normalized spacial score (nSPS) is 12.1. The molecule has 0 aliphatic carbocycles. The molecule has 7 heteroatoms. The summed E-state index contributed by atoms with van der Waals surface area (Å²) in [5, 5.41) is 25.6. The van der Waals surface area contributed by atoms with Gasteiger partial charge in [0.15, 0.2) is 5.82 Å². The second-order valence-electron chi connectivity index (χ2n) is 5.07. The minimum Gasteiger partial charge on any atom is -0.389 e. The van der Waals surface area contributed by atoms with Gasteiger partial charge in [0.25, 0.3) is 0 Å². The first-order valence-electron chi connectivity index (χ1n) is 7.22. The van der Waals surface area contributed by atoms with Gasteiger partial charge in [-0.3, -0.25) is 0 Å². The Labute approximate surface area is 138 Å². The third-order valence-corrected chi connectivity index (χ3v) is 3.68. The number of para-hydroxylation sites is 1. The van der Waals surface area contributed by atoms with Gasteiger partial charge in [-0.25, -0.2) is 4.68 Å². The van der Waals surface area contributed by atoms with Crippen molar-refractivity contribution in [3.05, 3.63) is 59.6 Å². The zero-order chi connectivity index (χ0) is 16.1. The van der Waals surface area contributed by atoms with Gasteiger partial charge in [0, 0.05) is 12.1 Å². The Morgan fingerprint density at radius 3 is 2.61 bits per heavy atom. The molecule has 2 aromatic carbocycles. The lowest BCUT2D eigenvalue weighted by atomic mass is 10.2. The van der Waals surface area contributed by atoms with Gasteiger partial charge in [-0.15, -0.1) is 5.10 Å². The Balaban J connectivity index is 1.64. The molecule has 0 saturated carbocycles. The number of aliphatic hydroxyl groups excluding tert-OH is 1. The molecule has 0 fully saturated rings. The van der Waals surface area contributed by atoms with E-state index < -0.39 is 6.10 Å². The van der Waals surface area contributed by atoms with E-state index >= 15 is 0 Å². The van der Waals surface area contributed by atoms with E-state index in [2.05, 4.69) is 20.8 Å². The van der Waals surface area contributed by atoms with Crippen LogP contribution in [0.15, 0.2) is 54.6 Å². The first kappa shape index (κ1) is 15.5. The van der Waals surface area contributed by atoms with Gasteiger partial charge in [-0.1, -0.05) is 54.1 Å². The summed E-state index contributed by atoms with van der Waals surface area (Å²) in [6, 6.07) is 17.0. The second-order valence-corrected chi connectivity index (χ2v) is 5.47. The quantitative estimate of drug-likeness (QED) is 0.726. The van der Waals surface area contributed by atoms with Crippen molar-refractivity contribution in [2.75, 3.05) is 11.9 Å². The zero-order valence-electron chi connectivity index (χ0n) is 12.3. The van der Waals surface area contributed by atoms with Gasteiger partial charge in [0.05, 0.1) is 23.4 Å². The predicted octanol–water partition coefficient (Wildman–Crippen LogP) is 2.47. The van der Waals surface area contributed by atoms with Gasteiger partial charge >= 0.3 is 0 Å². The lowest BCUT2D eigenvalue weighted by Gasteiger charge is -2.14. The van der Waals surface area contributed by atoms with Crippen LogP contribution in [0.1, 0.15) is 0 Å². The molecule has 0 saturated heterocycles. The summed E-state index contributed by atoms with van der Waals surface area (Å²) < 4.78 is 1.59. The number of benzene rings is 2. The Kier molecular flexibility index (Phi) is 4.85. The second kappa shape index (κ2) is 7.21. The van der Waals surface area contributed by atoms with E-state index in [0.717, 1.165) is 11.3 Å². The third-order valence-electron chi connectivity index (χ3n) is 3.35. The van der Waals surface area contributed by atoms with Gasteiger partial charge in [0.1, 0.15) is 0 Å². The molecule has 0 spiro atoms. The molecule has 3 rings (SSSR count). The molecule has 118 valence electrons. The van der Waals surface area contributed by atoms with Crippen LogP contribution < -0.4 is 5.32 Å². The number of rotatable bonds is 6. The van der Waals surface area contributed by atoms with Crippen LogP contribution in [0.25, 0.3) is 11.4 Å². The van der Waals surface area contributed by atoms with Gasteiger partial charge < -0.3 is 10.4 Å². The molecule has 1 atom stereocenters. The SMILES string of the molecule is OC(CNc1ccccc1Cl)Cn1nnnc1-c1ccccc1. The van der Waals surface area contributed by atoms with Crippen LogP contribution in [-0.4, -0.2) is 38.0 Å². The monoisotopic (exact) mass is 329 g/mol. The Morgan fingerprint density at radius 1 is 1.09 bits per heavy atom. The number of tetrazole rings is 1. The lowest BCUT2D eigenvalue weighted by molar-refractivity contribution is 0.161. The number of nitrogens with one attached hydrogen (secondary N) is 1. The highest BCUT2D eigenvalue weighted by Gasteiger charge is 2.13. The fourth-order valence-electron chi connectivity index (χ4n) is 2.22. The van der Waals surface area contributed by atoms with Crippen LogP contribution in [-0.2, 0) is 6.54 Å². The zero-order valence-corrected chi connectivity index (χ0v) is 13.1. The number of halogens is 1. The molecular formula is C16H16ClN5O. The van der Waals surface area contributed by atoms with Crippen LogP contribution in [0.2, 0.25) is 5.02 Å². The van der Waals surface area contributed by atoms with Crippen LogP contribution in [0.4, 0.5) is 5.69 Å². The van der Waals surface area contributed by atoms with E-state index in [0.29, 0.717) is 17.4 Å². The summed E-state index contributed by atoms with van der Waals surface area (Å²) >= 11 is 6.07. The lowest BCUT2D eigenvalue weighted by Crippen LogP contribution is -2.26. The molecule has 0 aliphatic heterocycles. The number of hydrogen-bond acceptors (Lipinski definition) is 5. The largest absolute Gasteiger partial charge is 0.389 e. The Morgan fingerprint density at radius 2 is 1.83 bits per heavy atom. The standard InChI is InChI=1S/C16H16ClN5O/c17-14-8-4-5-9-15(14)18-10-13(23)11-22-16(19-20-21-22)12-6-2-1-3-7-12/h1-9,13,18,23H,10-11H2. The summed E-state index contributed by atoms with van der Waals surface area (Å²) in [4.78, 5) is 0. The highest BCUT2D eigenvalue weighted by molar-refractivity contribution is 6.33. The molecule has 6 nitrogen and oxygen atoms in total. The fraction of sp³-hybridized carbons (Fsp3) is 0.188. The van der Waals surface area contributed by atoms with Crippen molar-refractivity contribution in [1.82, 2.24) is 20.2 Å². The maximum absolute atomic E-state index is 10.2. The molecule has 1 aromatic heterocycles. The summed E-state index contributed by atoms with van der Waals surface area (Å²) in [6.07, 6.45) is -0.655. The average Bonchev–Trinajstić information content (AvgIpc) is 3.03. The molecule has 0 radical (unpaired) electrons. The Hall–Kier alpha value is -2.44. The van der Waals surface area contributed by atoms with Crippen molar-refractivity contribution in [3.8, 4) is 11.4 Å². The first-order valence-corrected chi connectivity index (χ1v) is 7.60. The number of aromatic nitrogens is 4. The van der Waals surface area contributed by atoms with Crippen molar-refractivity contribution in [3.63, 3.8) is 0 Å².